The minimum absolute atomic E-state index is 0.460. The van der Waals surface area contributed by atoms with Gasteiger partial charge in [0.25, 0.3) is 0 Å². The molecule has 0 radical (unpaired) electrons. The Morgan fingerprint density at radius 2 is 2.07 bits per heavy atom. The number of rotatable bonds is 6. The number of aromatic nitrogens is 3. The molecule has 2 heterocycles. The lowest BCUT2D eigenvalue weighted by molar-refractivity contribution is -0.275. The van der Waals surface area contributed by atoms with Gasteiger partial charge in [-0.05, 0) is 30.7 Å². The summed E-state index contributed by atoms with van der Waals surface area (Å²) in [7, 11) is 1.88. The normalized spacial score (nSPS) is 11.7. The van der Waals surface area contributed by atoms with Gasteiger partial charge in [-0.25, -0.2) is 9.97 Å². The van der Waals surface area contributed by atoms with Crippen LogP contribution in [0.1, 0.15) is 6.42 Å². The van der Waals surface area contributed by atoms with E-state index in [-0.39, 0.29) is 0 Å². The van der Waals surface area contributed by atoms with Crippen LogP contribution in [0.15, 0.2) is 36.8 Å². The molecule has 1 aromatic carbocycles. The average Bonchev–Trinajstić information content (AvgIpc) is 3.09. The molecule has 3 aromatic rings. The second-order valence-electron chi connectivity index (χ2n) is 5.89. The number of nitrogens with two attached hydrogens (primary N) is 1. The highest BCUT2D eigenvalue weighted by Gasteiger charge is 2.32. The number of hydrogen-bond donors (Lipinski definition) is 2. The number of imidazole rings is 1. The van der Waals surface area contributed by atoms with Gasteiger partial charge in [0.2, 0.25) is 5.95 Å². The van der Waals surface area contributed by atoms with Crippen molar-refractivity contribution >= 4 is 11.6 Å². The topological polar surface area (TPSA) is 88.9 Å². The van der Waals surface area contributed by atoms with Crippen LogP contribution < -0.4 is 15.4 Å². The van der Waals surface area contributed by atoms with Crippen molar-refractivity contribution in [1.29, 1.82) is 0 Å². The molecule has 0 saturated carbocycles. The van der Waals surface area contributed by atoms with Crippen molar-refractivity contribution < 1.29 is 23.0 Å². The number of hydrogen-bond acceptors (Lipinski definition) is 6. The van der Waals surface area contributed by atoms with Crippen LogP contribution in [0.3, 0.4) is 0 Å². The minimum Gasteiger partial charge on any atom is -0.504 e. The molecule has 0 amide bonds. The molecule has 3 N–H and O–H groups in total. The number of nitrogens with zero attached hydrogens (tertiary/aromatic N) is 4. The van der Waals surface area contributed by atoms with Gasteiger partial charge in [-0.3, -0.25) is 4.40 Å². The van der Waals surface area contributed by atoms with E-state index in [4.69, 9.17) is 5.73 Å². The van der Waals surface area contributed by atoms with Gasteiger partial charge in [-0.2, -0.15) is 0 Å². The molecule has 0 unspecified atom stereocenters. The highest BCUT2D eigenvalue weighted by molar-refractivity contribution is 5.79. The summed E-state index contributed by atoms with van der Waals surface area (Å²) in [5, 5.41) is 9.89. The monoisotopic (exact) mass is 381 g/mol. The van der Waals surface area contributed by atoms with Crippen LogP contribution in [-0.2, 0) is 0 Å². The Morgan fingerprint density at radius 1 is 1.30 bits per heavy atom. The zero-order chi connectivity index (χ0) is 19.6. The van der Waals surface area contributed by atoms with Crippen LogP contribution in [0.2, 0.25) is 0 Å². The molecule has 3 rings (SSSR count). The van der Waals surface area contributed by atoms with Crippen LogP contribution >= 0.6 is 0 Å². The van der Waals surface area contributed by atoms with Gasteiger partial charge in [0.05, 0.1) is 0 Å². The molecule has 0 bridgehead atoms. The quantitative estimate of drug-likeness (QED) is 0.683. The number of fused-ring (bicyclic) bond motifs is 1. The maximum atomic E-state index is 12.4. The Hall–Kier alpha value is -3.01. The number of aromatic hydroxyl groups is 1. The smallest absolute Gasteiger partial charge is 0.504 e. The second kappa shape index (κ2) is 7.31. The number of alkyl halides is 3. The Bertz CT molecular complexity index is 942. The molecule has 0 saturated heterocycles. The van der Waals surface area contributed by atoms with Crippen LogP contribution in [0.25, 0.3) is 16.8 Å². The summed E-state index contributed by atoms with van der Waals surface area (Å²) in [6, 6.07) is 3.65. The Kier molecular flexibility index (Phi) is 5.08. The van der Waals surface area contributed by atoms with E-state index < -0.39 is 17.9 Å². The highest BCUT2D eigenvalue weighted by atomic mass is 19.4. The standard InChI is InChI=1S/C17H18F3N5O2/c1-24(7-2-5-21)16-23-10-12(15-22-6-8-25(15)16)11-3-4-14(13(26)9-11)27-17(18,19)20/h3-4,6,8-10,26H,2,5,7,21H2,1H3. The van der Waals surface area contributed by atoms with E-state index >= 15 is 0 Å². The first-order valence-electron chi connectivity index (χ1n) is 8.12. The fourth-order valence-electron chi connectivity index (χ4n) is 2.72. The van der Waals surface area contributed by atoms with Gasteiger partial charge >= 0.3 is 6.36 Å². The maximum Gasteiger partial charge on any atom is 0.573 e. The van der Waals surface area contributed by atoms with Gasteiger partial charge < -0.3 is 20.5 Å². The van der Waals surface area contributed by atoms with Crippen LogP contribution in [-0.4, -0.2) is 46.0 Å². The van der Waals surface area contributed by atoms with E-state index in [9.17, 15) is 18.3 Å². The Morgan fingerprint density at radius 3 is 2.74 bits per heavy atom. The molecule has 2 aromatic heterocycles. The molecule has 0 atom stereocenters. The summed E-state index contributed by atoms with van der Waals surface area (Å²) >= 11 is 0. The van der Waals surface area contributed by atoms with Gasteiger partial charge in [-0.15, -0.1) is 13.2 Å². The lowest BCUT2D eigenvalue weighted by atomic mass is 10.1. The van der Waals surface area contributed by atoms with Crippen molar-refractivity contribution in [3.8, 4) is 22.6 Å². The Labute approximate surface area is 152 Å². The lowest BCUT2D eigenvalue weighted by Gasteiger charge is -2.19. The number of phenolic OH excluding ortho intramolecular Hbond substituents is 1. The summed E-state index contributed by atoms with van der Waals surface area (Å²) in [5.74, 6) is -0.642. The van der Waals surface area contributed by atoms with Crippen LogP contribution in [0.5, 0.6) is 11.5 Å². The third-order valence-electron chi connectivity index (χ3n) is 3.94. The fourth-order valence-corrected chi connectivity index (χ4v) is 2.72. The predicted molar refractivity (Wildman–Crippen MR) is 93.7 cm³/mol. The largest absolute Gasteiger partial charge is 0.573 e. The van der Waals surface area contributed by atoms with Crippen molar-refractivity contribution in [3.05, 3.63) is 36.8 Å². The SMILES string of the molecule is CN(CCCN)c1ncc(-c2ccc(OC(F)(F)F)c(O)c2)c2nccn12. The van der Waals surface area contributed by atoms with Crippen LogP contribution in [0.4, 0.5) is 19.1 Å². The highest BCUT2D eigenvalue weighted by Crippen LogP contribution is 2.36. The molecule has 0 fully saturated rings. The zero-order valence-corrected chi connectivity index (χ0v) is 14.4. The summed E-state index contributed by atoms with van der Waals surface area (Å²) < 4.78 is 42.6. The van der Waals surface area contributed by atoms with E-state index in [1.807, 2.05) is 11.9 Å². The van der Waals surface area contributed by atoms with Crippen molar-refractivity contribution in [2.24, 2.45) is 5.73 Å². The van der Waals surface area contributed by atoms with Gasteiger partial charge in [0.15, 0.2) is 11.5 Å². The van der Waals surface area contributed by atoms with E-state index in [1.54, 1.807) is 23.0 Å². The number of phenols is 1. The first-order valence-corrected chi connectivity index (χ1v) is 8.12. The van der Waals surface area contributed by atoms with E-state index in [0.717, 1.165) is 12.5 Å². The second-order valence-corrected chi connectivity index (χ2v) is 5.89. The van der Waals surface area contributed by atoms with Crippen LogP contribution in [0, 0.1) is 0 Å². The molecule has 7 nitrogen and oxygen atoms in total. The van der Waals surface area contributed by atoms with Gasteiger partial charge in [0.1, 0.15) is 5.65 Å². The predicted octanol–water partition coefficient (Wildman–Crippen LogP) is 2.79. The summed E-state index contributed by atoms with van der Waals surface area (Å²) in [4.78, 5) is 10.7. The molecule has 27 heavy (non-hydrogen) atoms. The number of halogens is 3. The van der Waals surface area contributed by atoms with E-state index in [0.29, 0.717) is 35.8 Å². The summed E-state index contributed by atoms with van der Waals surface area (Å²) in [5.41, 5.74) is 7.12. The van der Waals surface area contributed by atoms with Crippen molar-refractivity contribution in [2.75, 3.05) is 25.0 Å². The number of ether oxygens (including phenoxy) is 1. The lowest BCUT2D eigenvalue weighted by Crippen LogP contribution is -2.24. The third kappa shape index (κ3) is 4.05. The molecule has 0 aliphatic rings. The van der Waals surface area contributed by atoms with Gasteiger partial charge in [-0.1, -0.05) is 6.07 Å². The molecular weight excluding hydrogens is 363 g/mol. The molecule has 144 valence electrons. The molecule has 0 aliphatic heterocycles. The first kappa shape index (κ1) is 18.8. The first-order chi connectivity index (χ1) is 12.8. The third-order valence-corrected chi connectivity index (χ3v) is 3.94. The molecular formula is C17H18F3N5O2. The Balaban J connectivity index is 1.98. The molecule has 0 aliphatic carbocycles. The van der Waals surface area contributed by atoms with E-state index in [2.05, 4.69) is 14.7 Å². The average molecular weight is 381 g/mol. The maximum absolute atomic E-state index is 12.4. The van der Waals surface area contributed by atoms with Crippen molar-refractivity contribution in [1.82, 2.24) is 14.4 Å². The van der Waals surface area contributed by atoms with Crippen molar-refractivity contribution in [3.63, 3.8) is 0 Å². The number of anilines is 1. The zero-order valence-electron chi connectivity index (χ0n) is 14.4. The molecule has 10 heteroatoms. The number of benzene rings is 1. The fraction of sp³-hybridized carbons (Fsp3) is 0.294. The summed E-state index contributed by atoms with van der Waals surface area (Å²) in [6.07, 6.45) is 0.815. The van der Waals surface area contributed by atoms with Gasteiger partial charge in [0, 0.05) is 37.7 Å². The van der Waals surface area contributed by atoms with E-state index in [1.165, 1.54) is 12.1 Å². The molecule has 0 spiro atoms. The minimum atomic E-state index is -4.88. The van der Waals surface area contributed by atoms with Crippen molar-refractivity contribution in [2.45, 2.75) is 12.8 Å². The summed E-state index contributed by atoms with van der Waals surface area (Å²) in [6.45, 7) is 1.27.